The van der Waals surface area contributed by atoms with Crippen LogP contribution in [-0.2, 0) is 17.9 Å². The first-order valence-electron chi connectivity index (χ1n) is 7.31. The van der Waals surface area contributed by atoms with E-state index in [0.29, 0.717) is 12.7 Å². The van der Waals surface area contributed by atoms with Crippen molar-refractivity contribution in [1.29, 1.82) is 0 Å². The van der Waals surface area contributed by atoms with Crippen LogP contribution < -0.4 is 5.32 Å². The minimum absolute atomic E-state index is 0.455. The van der Waals surface area contributed by atoms with E-state index in [0.717, 1.165) is 18.3 Å². The lowest BCUT2D eigenvalue weighted by Gasteiger charge is -2.21. The Hall–Kier alpha value is -0.800. The molecule has 18 heavy (non-hydrogen) atoms. The van der Waals surface area contributed by atoms with Crippen LogP contribution in [0.25, 0.3) is 0 Å². The summed E-state index contributed by atoms with van der Waals surface area (Å²) in [5.41, 5.74) is 1.24. The lowest BCUT2D eigenvalue weighted by molar-refractivity contribution is 0.00877. The smallest absolute Gasteiger partial charge is 0.129 e. The van der Waals surface area contributed by atoms with E-state index in [1.807, 2.05) is 6.26 Å². The fourth-order valence-corrected chi connectivity index (χ4v) is 2.58. The molecule has 0 bridgehead atoms. The van der Waals surface area contributed by atoms with Crippen molar-refractivity contribution in [1.82, 2.24) is 5.32 Å². The Kier molecular flexibility index (Phi) is 4.01. The van der Waals surface area contributed by atoms with E-state index in [1.54, 1.807) is 0 Å². The number of hydrogen-bond acceptors (Lipinski definition) is 3. The van der Waals surface area contributed by atoms with Crippen molar-refractivity contribution in [2.45, 2.75) is 70.2 Å². The summed E-state index contributed by atoms with van der Waals surface area (Å²) in [4.78, 5) is 0. The third-order valence-corrected chi connectivity index (χ3v) is 3.89. The molecule has 1 aromatic rings. The van der Waals surface area contributed by atoms with Gasteiger partial charge in [0.05, 0.1) is 12.4 Å². The van der Waals surface area contributed by atoms with Crippen LogP contribution in [0.2, 0.25) is 0 Å². The van der Waals surface area contributed by atoms with E-state index in [-0.39, 0.29) is 0 Å². The van der Waals surface area contributed by atoms with Gasteiger partial charge in [0.1, 0.15) is 12.4 Å². The molecule has 0 aromatic carbocycles. The molecular formula is C15H23NO2. The van der Waals surface area contributed by atoms with Gasteiger partial charge in [0.25, 0.3) is 0 Å². The molecule has 2 aliphatic rings. The van der Waals surface area contributed by atoms with Crippen LogP contribution in [0.4, 0.5) is 0 Å². The van der Waals surface area contributed by atoms with Gasteiger partial charge in [0.2, 0.25) is 0 Å². The standard InChI is InChI=1S/C15H23NO2/c1-2-4-14(5-3-1)18-11-15-8-12(10-17-15)9-16-13-6-7-13/h8,10,13-14,16H,1-7,9,11H2. The average molecular weight is 249 g/mol. The van der Waals surface area contributed by atoms with E-state index in [1.165, 1.54) is 50.5 Å². The molecule has 1 aromatic heterocycles. The van der Waals surface area contributed by atoms with E-state index in [9.17, 15) is 0 Å². The molecule has 0 spiro atoms. The average Bonchev–Trinajstić information content (AvgIpc) is 3.14. The molecular weight excluding hydrogens is 226 g/mol. The molecule has 1 N–H and O–H groups in total. The maximum atomic E-state index is 5.91. The number of hydrogen-bond donors (Lipinski definition) is 1. The van der Waals surface area contributed by atoms with Crippen molar-refractivity contribution >= 4 is 0 Å². The molecule has 2 aliphatic carbocycles. The van der Waals surface area contributed by atoms with Crippen molar-refractivity contribution in [2.75, 3.05) is 0 Å². The van der Waals surface area contributed by atoms with E-state index < -0.39 is 0 Å². The van der Waals surface area contributed by atoms with Crippen molar-refractivity contribution in [3.63, 3.8) is 0 Å². The van der Waals surface area contributed by atoms with Crippen LogP contribution in [0.3, 0.4) is 0 Å². The fourth-order valence-electron chi connectivity index (χ4n) is 2.58. The Morgan fingerprint density at radius 3 is 2.78 bits per heavy atom. The second-order valence-electron chi connectivity index (χ2n) is 5.65. The largest absolute Gasteiger partial charge is 0.467 e. The van der Waals surface area contributed by atoms with Crippen molar-refractivity contribution < 1.29 is 9.15 Å². The van der Waals surface area contributed by atoms with Crippen LogP contribution >= 0.6 is 0 Å². The second kappa shape index (κ2) is 5.89. The molecule has 1 heterocycles. The first kappa shape index (κ1) is 12.2. The number of ether oxygens (including phenoxy) is 1. The Bertz CT molecular complexity index is 364. The van der Waals surface area contributed by atoms with Gasteiger partial charge in [-0.2, -0.15) is 0 Å². The quantitative estimate of drug-likeness (QED) is 0.839. The van der Waals surface area contributed by atoms with Gasteiger partial charge in [-0.25, -0.2) is 0 Å². The summed E-state index contributed by atoms with van der Waals surface area (Å²) < 4.78 is 11.4. The summed E-state index contributed by atoms with van der Waals surface area (Å²) in [6.07, 6.45) is 11.4. The van der Waals surface area contributed by atoms with Crippen LogP contribution in [0.1, 0.15) is 56.3 Å². The molecule has 0 aliphatic heterocycles. The third-order valence-electron chi connectivity index (χ3n) is 3.89. The fraction of sp³-hybridized carbons (Fsp3) is 0.733. The third kappa shape index (κ3) is 3.59. The van der Waals surface area contributed by atoms with Crippen LogP contribution in [-0.4, -0.2) is 12.1 Å². The van der Waals surface area contributed by atoms with Gasteiger partial charge in [-0.05, 0) is 31.7 Å². The lowest BCUT2D eigenvalue weighted by Crippen LogP contribution is -2.16. The molecule has 0 amide bonds. The number of rotatable bonds is 6. The molecule has 0 unspecified atom stereocenters. The van der Waals surface area contributed by atoms with Gasteiger partial charge >= 0.3 is 0 Å². The molecule has 3 nitrogen and oxygen atoms in total. The summed E-state index contributed by atoms with van der Waals surface area (Å²) in [5.74, 6) is 0.966. The van der Waals surface area contributed by atoms with Crippen molar-refractivity contribution in [3.8, 4) is 0 Å². The lowest BCUT2D eigenvalue weighted by atomic mass is 9.98. The molecule has 0 atom stereocenters. The highest BCUT2D eigenvalue weighted by atomic mass is 16.5. The SMILES string of the molecule is c1oc(COC2CCCCC2)cc1CNC1CC1. The molecule has 0 saturated heterocycles. The molecule has 2 fully saturated rings. The summed E-state index contributed by atoms with van der Waals surface area (Å²) >= 11 is 0. The van der Waals surface area contributed by atoms with Gasteiger partial charge in [0, 0.05) is 18.2 Å². The van der Waals surface area contributed by atoms with Crippen molar-refractivity contribution in [3.05, 3.63) is 23.7 Å². The Morgan fingerprint density at radius 1 is 1.17 bits per heavy atom. The summed E-state index contributed by atoms with van der Waals surface area (Å²) in [5, 5.41) is 3.49. The molecule has 0 radical (unpaired) electrons. The summed E-state index contributed by atoms with van der Waals surface area (Å²) in [6, 6.07) is 2.87. The normalized spacial score (nSPS) is 21.3. The van der Waals surface area contributed by atoms with Gasteiger partial charge in [-0.3, -0.25) is 0 Å². The minimum atomic E-state index is 0.455. The topological polar surface area (TPSA) is 34.4 Å². The zero-order valence-electron chi connectivity index (χ0n) is 11.0. The monoisotopic (exact) mass is 249 g/mol. The van der Waals surface area contributed by atoms with Crippen LogP contribution in [0.5, 0.6) is 0 Å². The second-order valence-corrected chi connectivity index (χ2v) is 5.65. The van der Waals surface area contributed by atoms with E-state index in [4.69, 9.17) is 9.15 Å². The summed E-state index contributed by atoms with van der Waals surface area (Å²) in [7, 11) is 0. The zero-order chi connectivity index (χ0) is 12.2. The first-order valence-corrected chi connectivity index (χ1v) is 7.31. The van der Waals surface area contributed by atoms with Crippen molar-refractivity contribution in [2.24, 2.45) is 0 Å². The predicted octanol–water partition coefficient (Wildman–Crippen LogP) is 3.38. The van der Waals surface area contributed by atoms with Gasteiger partial charge < -0.3 is 14.5 Å². The van der Waals surface area contributed by atoms with Crippen LogP contribution in [0.15, 0.2) is 16.7 Å². The maximum Gasteiger partial charge on any atom is 0.129 e. The zero-order valence-corrected chi connectivity index (χ0v) is 11.0. The first-order chi connectivity index (χ1) is 8.90. The minimum Gasteiger partial charge on any atom is -0.467 e. The maximum absolute atomic E-state index is 5.91. The van der Waals surface area contributed by atoms with E-state index in [2.05, 4.69) is 11.4 Å². The Labute approximate surface area is 109 Å². The molecule has 100 valence electrons. The van der Waals surface area contributed by atoms with E-state index >= 15 is 0 Å². The predicted molar refractivity (Wildman–Crippen MR) is 70.2 cm³/mol. The highest BCUT2D eigenvalue weighted by molar-refractivity contribution is 5.12. The molecule has 2 saturated carbocycles. The van der Waals surface area contributed by atoms with Gasteiger partial charge in [-0.15, -0.1) is 0 Å². The number of furan rings is 1. The number of nitrogens with one attached hydrogen (secondary N) is 1. The molecule has 3 rings (SSSR count). The highest BCUT2D eigenvalue weighted by Gasteiger charge is 2.20. The van der Waals surface area contributed by atoms with Crippen LogP contribution in [0, 0.1) is 0 Å². The van der Waals surface area contributed by atoms with Gasteiger partial charge in [0.15, 0.2) is 0 Å². The molecule has 3 heteroatoms. The summed E-state index contributed by atoms with van der Waals surface area (Å²) in [6.45, 7) is 1.56. The Morgan fingerprint density at radius 2 is 2.00 bits per heavy atom. The van der Waals surface area contributed by atoms with Gasteiger partial charge in [-0.1, -0.05) is 19.3 Å². The Balaban J connectivity index is 1.41. The highest BCUT2D eigenvalue weighted by Crippen LogP contribution is 2.22.